The van der Waals surface area contributed by atoms with Gasteiger partial charge in [-0.05, 0) is 0 Å². The van der Waals surface area contributed by atoms with Crippen LogP contribution in [0.4, 0.5) is 0 Å². The van der Waals surface area contributed by atoms with Gasteiger partial charge in [-0.2, -0.15) is 0 Å². The normalized spacial score (nSPS) is 4.50. The van der Waals surface area contributed by atoms with Crippen LogP contribution < -0.4 is 0 Å². The van der Waals surface area contributed by atoms with E-state index in [9.17, 15) is 0 Å². The molecule has 0 saturated heterocycles. The summed E-state index contributed by atoms with van der Waals surface area (Å²) in [7, 11) is 0. The maximum absolute atomic E-state index is 3.40. The van der Waals surface area contributed by atoms with Crippen LogP contribution >= 0.6 is 15.9 Å². The van der Waals surface area contributed by atoms with Crippen molar-refractivity contribution in [2.75, 3.05) is 5.33 Å². The van der Waals surface area contributed by atoms with Crippen molar-refractivity contribution in [3.05, 3.63) is 6.92 Å². The molecule has 0 amide bonds. The van der Waals surface area contributed by atoms with E-state index in [-0.39, 0.29) is 19.5 Å². The fourth-order valence-corrected chi connectivity index (χ4v) is 0. The summed E-state index contributed by atoms with van der Waals surface area (Å²) in [6.45, 7) is 3.40. The maximum atomic E-state index is 3.40. The van der Waals surface area contributed by atoms with Crippen LogP contribution in [0.3, 0.4) is 0 Å². The third-order valence-corrected chi connectivity index (χ3v) is 0. The molecule has 0 spiro atoms. The molecule has 0 rings (SSSR count). The second-order valence-corrected chi connectivity index (χ2v) is 0.982. The first-order valence-electron chi connectivity index (χ1n) is 0.767. The fraction of sp³-hybridized carbons (Fsp3) is 0.500. The molecule has 0 saturated carbocycles. The first-order valence-corrected chi connectivity index (χ1v) is 1.89. The van der Waals surface area contributed by atoms with E-state index >= 15 is 0 Å². The van der Waals surface area contributed by atoms with Crippen LogP contribution in [-0.2, 0) is 19.5 Å². The molecular weight excluding hydrogens is 207 g/mol. The van der Waals surface area contributed by atoms with Crippen molar-refractivity contribution in [1.29, 1.82) is 0 Å². The van der Waals surface area contributed by atoms with Crippen molar-refractivity contribution in [3.63, 3.8) is 0 Å². The summed E-state index contributed by atoms with van der Waals surface area (Å²) in [6, 6.07) is 0. The fourth-order valence-electron chi connectivity index (χ4n) is 0. The molecule has 0 fully saturated rings. The molecule has 0 aliphatic rings. The zero-order chi connectivity index (χ0) is 2.71. The van der Waals surface area contributed by atoms with Crippen molar-refractivity contribution in [2.24, 2.45) is 0 Å². The molecule has 2 heteroatoms. The van der Waals surface area contributed by atoms with Crippen LogP contribution in [0.5, 0.6) is 0 Å². The third kappa shape index (κ3) is 11.3. The standard InChI is InChI=1S/C2H4Br.Rh/c1-2-3;/h1-2H2;/q-1;. The summed E-state index contributed by atoms with van der Waals surface area (Å²) < 4.78 is 0. The molecule has 0 heterocycles. The van der Waals surface area contributed by atoms with E-state index in [0.717, 1.165) is 5.33 Å². The zero-order valence-electron chi connectivity index (χ0n) is 2.13. The van der Waals surface area contributed by atoms with Gasteiger partial charge in [0.1, 0.15) is 0 Å². The molecule has 0 nitrogen and oxygen atoms in total. The van der Waals surface area contributed by atoms with Crippen LogP contribution in [0.2, 0.25) is 0 Å². The minimum Gasteiger partial charge on any atom is -0.333 e. The summed E-state index contributed by atoms with van der Waals surface area (Å²) in [5.74, 6) is 0. The van der Waals surface area contributed by atoms with Crippen molar-refractivity contribution < 1.29 is 19.5 Å². The Bertz CT molecular complexity index is 6.00. The summed E-state index contributed by atoms with van der Waals surface area (Å²) in [4.78, 5) is 0. The van der Waals surface area contributed by atoms with Crippen molar-refractivity contribution >= 4 is 15.9 Å². The van der Waals surface area contributed by atoms with Gasteiger partial charge in [0.05, 0.1) is 0 Å². The smallest absolute Gasteiger partial charge is 0 e. The van der Waals surface area contributed by atoms with Gasteiger partial charge in [-0.3, -0.25) is 0 Å². The maximum Gasteiger partial charge on any atom is 0 e. The molecule has 0 aliphatic heterocycles. The van der Waals surface area contributed by atoms with Crippen LogP contribution in [-0.4, -0.2) is 5.33 Å². The number of hydrogen-bond acceptors (Lipinski definition) is 0. The van der Waals surface area contributed by atoms with Crippen LogP contribution in [0.25, 0.3) is 0 Å². The van der Waals surface area contributed by atoms with Crippen molar-refractivity contribution in [1.82, 2.24) is 0 Å². The number of halogens is 1. The molecule has 0 unspecified atom stereocenters. The molecule has 1 radical (unpaired) electrons. The van der Waals surface area contributed by atoms with Crippen LogP contribution in [0, 0.1) is 6.92 Å². The van der Waals surface area contributed by atoms with Gasteiger partial charge in [0, 0.05) is 19.5 Å². The van der Waals surface area contributed by atoms with E-state index < -0.39 is 0 Å². The summed E-state index contributed by atoms with van der Waals surface area (Å²) in [5.41, 5.74) is 0. The van der Waals surface area contributed by atoms with Gasteiger partial charge in [0.2, 0.25) is 0 Å². The molecule has 0 bridgehead atoms. The second kappa shape index (κ2) is 8.93. The van der Waals surface area contributed by atoms with Crippen molar-refractivity contribution in [2.45, 2.75) is 0 Å². The molecule has 4 heavy (non-hydrogen) atoms. The van der Waals surface area contributed by atoms with E-state index in [1.807, 2.05) is 0 Å². The Kier molecular flexibility index (Phi) is 19.9. The Morgan fingerprint density at radius 1 is 1.75 bits per heavy atom. The Morgan fingerprint density at radius 2 is 1.75 bits per heavy atom. The third-order valence-electron chi connectivity index (χ3n) is 0. The monoisotopic (exact) mass is 210 g/mol. The predicted molar refractivity (Wildman–Crippen MR) is 19.2 cm³/mol. The summed E-state index contributed by atoms with van der Waals surface area (Å²) in [5, 5.41) is 0.812. The number of alkyl halides is 1. The van der Waals surface area contributed by atoms with E-state index in [4.69, 9.17) is 0 Å². The minimum absolute atomic E-state index is 0. The van der Waals surface area contributed by atoms with Gasteiger partial charge in [0.25, 0.3) is 0 Å². The topological polar surface area (TPSA) is 0 Å². The largest absolute Gasteiger partial charge is 0.333 e. The van der Waals surface area contributed by atoms with E-state index in [0.29, 0.717) is 0 Å². The summed E-state index contributed by atoms with van der Waals surface area (Å²) in [6.07, 6.45) is 0. The average Bonchev–Trinajstić information content (AvgIpc) is 0.918. The van der Waals surface area contributed by atoms with Gasteiger partial charge in [-0.1, -0.05) is 0 Å². The Labute approximate surface area is 47.9 Å². The van der Waals surface area contributed by atoms with Gasteiger partial charge < -0.3 is 6.92 Å². The number of hydrogen-bond donors (Lipinski definition) is 0. The predicted octanol–water partition coefficient (Wildman–Crippen LogP) is 1.21. The quantitative estimate of drug-likeness (QED) is 0.321. The Balaban J connectivity index is 0. The Hall–Kier alpha value is 1.10. The molecular formula is C2H4BrRh-. The van der Waals surface area contributed by atoms with Gasteiger partial charge in [0.15, 0.2) is 0 Å². The first-order chi connectivity index (χ1) is 1.41. The summed E-state index contributed by atoms with van der Waals surface area (Å²) >= 11 is 3.03. The SMILES string of the molecule is [CH2-]CBr.[Rh]. The van der Waals surface area contributed by atoms with E-state index in [1.165, 1.54) is 0 Å². The first kappa shape index (κ1) is 8.92. The van der Waals surface area contributed by atoms with E-state index in [1.54, 1.807) is 0 Å². The van der Waals surface area contributed by atoms with Gasteiger partial charge in [-0.25, -0.2) is 0 Å². The van der Waals surface area contributed by atoms with Crippen LogP contribution in [0.15, 0.2) is 0 Å². The van der Waals surface area contributed by atoms with Gasteiger partial charge in [-0.15, -0.1) is 21.3 Å². The minimum atomic E-state index is 0. The second-order valence-electron chi connectivity index (χ2n) is 0.189. The molecule has 0 aromatic carbocycles. The molecule has 0 aromatic rings. The molecule has 29 valence electrons. The zero-order valence-corrected chi connectivity index (χ0v) is 5.35. The molecule has 0 aliphatic carbocycles. The average molecular weight is 211 g/mol. The molecule has 0 aromatic heterocycles. The van der Waals surface area contributed by atoms with Crippen LogP contribution in [0.1, 0.15) is 0 Å². The molecule has 0 N–H and O–H groups in total. The Morgan fingerprint density at radius 3 is 1.75 bits per heavy atom. The van der Waals surface area contributed by atoms with Gasteiger partial charge >= 0.3 is 0 Å². The van der Waals surface area contributed by atoms with E-state index in [2.05, 4.69) is 22.9 Å². The molecule has 0 atom stereocenters. The number of rotatable bonds is 0. The van der Waals surface area contributed by atoms with Crippen molar-refractivity contribution in [3.8, 4) is 0 Å².